The van der Waals surface area contributed by atoms with Crippen LogP contribution in [0.1, 0.15) is 100 Å². The molecule has 0 unspecified atom stereocenters. The number of hydrogen-bond acceptors (Lipinski definition) is 4. The van der Waals surface area contributed by atoms with Crippen molar-refractivity contribution in [2.24, 2.45) is 0 Å². The third-order valence-electron chi connectivity index (χ3n) is 4.41. The van der Waals surface area contributed by atoms with Gasteiger partial charge in [0.2, 0.25) is 0 Å². The molecule has 0 bridgehead atoms. The maximum Gasteiger partial charge on any atom is 0.311 e. The van der Waals surface area contributed by atoms with Crippen LogP contribution in [0.2, 0.25) is 0 Å². The molecule has 0 aliphatic carbocycles. The minimum Gasteiger partial charge on any atom is -0.481 e. The molecule has 0 aliphatic heterocycles. The second-order valence-electron chi connectivity index (χ2n) is 6.85. The molecule has 0 saturated carbocycles. The van der Waals surface area contributed by atoms with Crippen molar-refractivity contribution in [3.8, 4) is 0 Å². The molecule has 1 heterocycles. The zero-order chi connectivity index (χ0) is 19.0. The normalized spacial score (nSPS) is 11.0. The summed E-state index contributed by atoms with van der Waals surface area (Å²) in [6, 6.07) is 3.69. The zero-order valence-electron chi connectivity index (χ0n) is 16.1. The number of rotatable bonds is 17. The number of carboxylic acid groups (broad SMARTS) is 1. The molecule has 0 saturated heterocycles. The Morgan fingerprint density at radius 3 is 1.96 bits per heavy atom. The molecule has 0 spiro atoms. The Balaban J connectivity index is 1.94. The number of Topliss-reactive ketones (excluding diaryl/α,β-unsaturated/α-hetero) is 1. The maximum absolute atomic E-state index is 11.7. The van der Waals surface area contributed by atoms with Crippen molar-refractivity contribution in [1.82, 2.24) is 0 Å². The van der Waals surface area contributed by atoms with Gasteiger partial charge in [-0.1, -0.05) is 77.6 Å². The molecular formula is C21H34O3S2. The molecular weight excluding hydrogens is 364 g/mol. The molecule has 0 atom stereocenters. The van der Waals surface area contributed by atoms with Gasteiger partial charge in [-0.25, -0.2) is 0 Å². The SMILES string of the molecule is CCCCCCCCCCCCCCSc1ccc(C(=O)CC(=O)O)s1. The fraction of sp³-hybridized carbons (Fsp3) is 0.714. The first-order chi connectivity index (χ1) is 12.6. The lowest BCUT2D eigenvalue weighted by atomic mass is 10.1. The molecule has 1 N–H and O–H groups in total. The smallest absolute Gasteiger partial charge is 0.311 e. The van der Waals surface area contributed by atoms with Crippen LogP contribution in [0, 0.1) is 0 Å². The molecule has 0 amide bonds. The van der Waals surface area contributed by atoms with Crippen molar-refractivity contribution in [3.63, 3.8) is 0 Å². The van der Waals surface area contributed by atoms with Crippen LogP contribution < -0.4 is 0 Å². The summed E-state index contributed by atoms with van der Waals surface area (Å²) in [5, 5.41) is 8.67. The summed E-state index contributed by atoms with van der Waals surface area (Å²) in [4.78, 5) is 22.8. The van der Waals surface area contributed by atoms with Gasteiger partial charge in [0, 0.05) is 0 Å². The van der Waals surface area contributed by atoms with Gasteiger partial charge in [0.05, 0.1) is 9.09 Å². The summed E-state index contributed by atoms with van der Waals surface area (Å²) in [5.74, 6) is -0.279. The first-order valence-corrected chi connectivity index (χ1v) is 11.9. The molecule has 148 valence electrons. The summed E-state index contributed by atoms with van der Waals surface area (Å²) in [5.41, 5.74) is 0. The van der Waals surface area contributed by atoms with E-state index in [1.165, 1.54) is 88.4 Å². The fourth-order valence-corrected chi connectivity index (χ4v) is 5.03. The van der Waals surface area contributed by atoms with Gasteiger partial charge < -0.3 is 5.11 Å². The number of unbranched alkanes of at least 4 members (excludes halogenated alkanes) is 11. The highest BCUT2D eigenvalue weighted by atomic mass is 32.2. The van der Waals surface area contributed by atoms with Crippen molar-refractivity contribution in [2.75, 3.05) is 5.75 Å². The molecule has 0 aliphatic rings. The predicted molar refractivity (Wildman–Crippen MR) is 113 cm³/mol. The van der Waals surface area contributed by atoms with Crippen LogP contribution in [-0.4, -0.2) is 22.6 Å². The molecule has 0 aromatic carbocycles. The van der Waals surface area contributed by atoms with Crippen LogP contribution in [0.4, 0.5) is 0 Å². The Kier molecular flexibility index (Phi) is 13.6. The van der Waals surface area contributed by atoms with Crippen LogP contribution in [0.3, 0.4) is 0 Å². The fourth-order valence-electron chi connectivity index (χ4n) is 2.89. The third kappa shape index (κ3) is 11.7. The highest BCUT2D eigenvalue weighted by Gasteiger charge is 2.13. The molecule has 5 heteroatoms. The van der Waals surface area contributed by atoms with Crippen molar-refractivity contribution in [1.29, 1.82) is 0 Å². The Morgan fingerprint density at radius 2 is 1.42 bits per heavy atom. The van der Waals surface area contributed by atoms with E-state index in [1.54, 1.807) is 17.8 Å². The predicted octanol–water partition coefficient (Wildman–Crippen LogP) is 7.20. The largest absolute Gasteiger partial charge is 0.481 e. The molecule has 3 nitrogen and oxygen atoms in total. The summed E-state index contributed by atoms with van der Waals surface area (Å²) < 4.78 is 1.11. The van der Waals surface area contributed by atoms with E-state index in [0.717, 1.165) is 9.96 Å². The number of ketones is 1. The topological polar surface area (TPSA) is 54.4 Å². The van der Waals surface area contributed by atoms with E-state index in [2.05, 4.69) is 6.92 Å². The minimum atomic E-state index is -1.06. The van der Waals surface area contributed by atoms with Crippen molar-refractivity contribution >= 4 is 34.9 Å². The summed E-state index contributed by atoms with van der Waals surface area (Å²) in [6.07, 6.45) is 15.9. The van der Waals surface area contributed by atoms with E-state index in [-0.39, 0.29) is 5.78 Å². The molecule has 1 aromatic heterocycles. The number of carbonyl (C=O) groups is 2. The molecule has 1 rings (SSSR count). The lowest BCUT2D eigenvalue weighted by molar-refractivity contribution is -0.135. The van der Waals surface area contributed by atoms with Crippen LogP contribution in [-0.2, 0) is 4.79 Å². The quantitative estimate of drug-likeness (QED) is 0.130. The van der Waals surface area contributed by atoms with Crippen LogP contribution in [0.25, 0.3) is 0 Å². The minimum absolute atomic E-state index is 0.292. The number of hydrogen-bond donors (Lipinski definition) is 1. The number of thioether (sulfide) groups is 1. The molecule has 1 aromatic rings. The van der Waals surface area contributed by atoms with Crippen LogP contribution in [0.5, 0.6) is 0 Å². The summed E-state index contributed by atoms with van der Waals surface area (Å²) in [6.45, 7) is 2.26. The highest BCUT2D eigenvalue weighted by Crippen LogP contribution is 2.29. The van der Waals surface area contributed by atoms with E-state index in [4.69, 9.17) is 5.11 Å². The van der Waals surface area contributed by atoms with Crippen LogP contribution >= 0.6 is 23.1 Å². The van der Waals surface area contributed by atoms with Crippen molar-refractivity contribution < 1.29 is 14.7 Å². The first kappa shape index (κ1) is 23.2. The molecule has 26 heavy (non-hydrogen) atoms. The third-order valence-corrected chi connectivity index (χ3v) is 6.85. The number of thiophene rings is 1. The second kappa shape index (κ2) is 15.3. The maximum atomic E-state index is 11.7. The van der Waals surface area contributed by atoms with Gasteiger partial charge >= 0.3 is 5.97 Å². The van der Waals surface area contributed by atoms with E-state index in [9.17, 15) is 9.59 Å². The van der Waals surface area contributed by atoms with Gasteiger partial charge in [-0.3, -0.25) is 9.59 Å². The monoisotopic (exact) mass is 398 g/mol. The number of carbonyl (C=O) groups excluding carboxylic acids is 1. The Hall–Kier alpha value is -0.810. The molecule has 0 fully saturated rings. The van der Waals surface area contributed by atoms with Crippen molar-refractivity contribution in [3.05, 3.63) is 17.0 Å². The van der Waals surface area contributed by atoms with Gasteiger partial charge in [-0.2, -0.15) is 0 Å². The van der Waals surface area contributed by atoms with Gasteiger partial charge in [0.1, 0.15) is 6.42 Å². The van der Waals surface area contributed by atoms with Crippen LogP contribution in [0.15, 0.2) is 16.3 Å². The van der Waals surface area contributed by atoms with Gasteiger partial charge in [-0.05, 0) is 24.3 Å². The van der Waals surface area contributed by atoms with Gasteiger partial charge in [0.25, 0.3) is 0 Å². The van der Waals surface area contributed by atoms with E-state index in [0.29, 0.717) is 4.88 Å². The zero-order valence-corrected chi connectivity index (χ0v) is 17.8. The van der Waals surface area contributed by atoms with E-state index < -0.39 is 12.4 Å². The highest BCUT2D eigenvalue weighted by molar-refractivity contribution is 8.01. The van der Waals surface area contributed by atoms with E-state index in [1.807, 2.05) is 6.07 Å². The van der Waals surface area contributed by atoms with Gasteiger partial charge in [-0.15, -0.1) is 23.1 Å². The van der Waals surface area contributed by atoms with Gasteiger partial charge in [0.15, 0.2) is 5.78 Å². The number of carboxylic acids is 1. The first-order valence-electron chi connectivity index (χ1n) is 10.1. The summed E-state index contributed by atoms with van der Waals surface area (Å²) in [7, 11) is 0. The average molecular weight is 399 g/mol. The molecule has 0 radical (unpaired) electrons. The Bertz CT molecular complexity index is 511. The second-order valence-corrected chi connectivity index (χ2v) is 9.33. The Morgan fingerprint density at radius 1 is 0.885 bits per heavy atom. The van der Waals surface area contributed by atoms with E-state index >= 15 is 0 Å². The number of aliphatic carboxylic acids is 1. The standard InChI is InChI=1S/C21H34O3S2/c1-2-3-4-5-6-7-8-9-10-11-12-13-16-25-21-15-14-19(26-21)18(22)17-20(23)24/h14-15H,2-13,16-17H2,1H3,(H,23,24). The Labute approximate surface area is 167 Å². The summed E-state index contributed by atoms with van der Waals surface area (Å²) >= 11 is 3.20. The lowest BCUT2D eigenvalue weighted by Crippen LogP contribution is -2.04. The average Bonchev–Trinajstić information content (AvgIpc) is 3.07. The van der Waals surface area contributed by atoms with Crippen molar-refractivity contribution in [2.45, 2.75) is 94.6 Å². The lowest BCUT2D eigenvalue weighted by Gasteiger charge is -2.02.